The third-order valence-electron chi connectivity index (χ3n) is 3.18. The predicted octanol–water partition coefficient (Wildman–Crippen LogP) is 3.71. The van der Waals surface area contributed by atoms with Gasteiger partial charge in [-0.05, 0) is 0 Å². The highest BCUT2D eigenvalue weighted by molar-refractivity contribution is 5.82. The molecule has 3 nitrogen and oxygen atoms in total. The minimum absolute atomic E-state index is 4.05. The lowest BCUT2D eigenvalue weighted by Crippen LogP contribution is -2.78. The molecule has 1 heterocycles. The minimum Gasteiger partial charge on any atom is -0.479 e. The van der Waals surface area contributed by atoms with Crippen molar-refractivity contribution in [2.75, 3.05) is 0 Å². The van der Waals surface area contributed by atoms with Crippen LogP contribution >= 0.6 is 0 Å². The number of carbonyl (C=O) groups is 1. The molecule has 0 bridgehead atoms. The Morgan fingerprint density at radius 3 is 1.08 bits per heavy atom. The van der Waals surface area contributed by atoms with Crippen LogP contribution in [0.5, 0.6) is 0 Å². The van der Waals surface area contributed by atoms with Crippen molar-refractivity contribution in [2.24, 2.45) is 0 Å². The fraction of sp³-hybridized carbons (Fsp3) is 0.875. The van der Waals surface area contributed by atoms with Crippen molar-refractivity contribution in [2.45, 2.75) is 41.8 Å². The summed E-state index contributed by atoms with van der Waals surface area (Å²) >= 11 is 0. The number of alkyl halides is 14. The second kappa shape index (κ2) is 4.79. The van der Waals surface area contributed by atoms with Crippen LogP contribution in [-0.2, 0) is 4.79 Å². The molecule has 0 aromatic rings. The zero-order valence-electron chi connectivity index (χ0n) is 10.6. The van der Waals surface area contributed by atoms with Gasteiger partial charge in [-0.1, -0.05) is 0 Å². The monoisotopic (exact) mass is 409 g/mol. The van der Waals surface area contributed by atoms with Gasteiger partial charge in [-0.15, -0.1) is 4.90 Å². The molecule has 0 saturated carbocycles. The van der Waals surface area contributed by atoms with Gasteiger partial charge >= 0.3 is 47.8 Å². The molecule has 0 aromatic heterocycles. The molecule has 1 aliphatic heterocycles. The van der Waals surface area contributed by atoms with E-state index in [0.29, 0.717) is 0 Å². The second-order valence-electron chi connectivity index (χ2n) is 4.58. The van der Waals surface area contributed by atoms with E-state index < -0.39 is 52.7 Å². The van der Waals surface area contributed by atoms with Crippen LogP contribution in [0.2, 0.25) is 0 Å². The first-order valence-electron chi connectivity index (χ1n) is 5.24. The summed E-state index contributed by atoms with van der Waals surface area (Å²) in [4.78, 5) is 6.41. The molecular weight excluding hydrogens is 408 g/mol. The topological polar surface area (TPSA) is 40.5 Å². The average molecular weight is 409 g/mol. The van der Waals surface area contributed by atoms with Crippen LogP contribution in [0.4, 0.5) is 61.5 Å². The van der Waals surface area contributed by atoms with Crippen molar-refractivity contribution in [1.29, 1.82) is 0 Å². The van der Waals surface area contributed by atoms with Gasteiger partial charge in [-0.25, -0.2) is 4.79 Å². The number of aliphatic carboxylic acids is 1. The molecular formula is C8HF14NO2. The molecule has 1 fully saturated rings. The van der Waals surface area contributed by atoms with Gasteiger partial charge in [0.2, 0.25) is 0 Å². The normalized spacial score (nSPS) is 25.8. The molecule has 25 heavy (non-hydrogen) atoms. The van der Waals surface area contributed by atoms with Crippen LogP contribution in [0.15, 0.2) is 0 Å². The van der Waals surface area contributed by atoms with Gasteiger partial charge in [0, 0.05) is 0 Å². The largest absolute Gasteiger partial charge is 0.479 e. The van der Waals surface area contributed by atoms with Crippen molar-refractivity contribution in [3.05, 3.63) is 0 Å². The first kappa shape index (κ1) is 21.5. The van der Waals surface area contributed by atoms with Crippen LogP contribution in [0.25, 0.3) is 0 Å². The molecule has 0 unspecified atom stereocenters. The van der Waals surface area contributed by atoms with E-state index in [0.717, 1.165) is 0 Å². The number of nitrogens with zero attached hydrogens (tertiary/aromatic N) is 1. The summed E-state index contributed by atoms with van der Waals surface area (Å²) in [5, 5.41) is 8.12. The Morgan fingerprint density at radius 1 is 0.680 bits per heavy atom. The smallest absolute Gasteiger partial charge is 0.427 e. The maximum Gasteiger partial charge on any atom is 0.427 e. The third kappa shape index (κ3) is 2.06. The summed E-state index contributed by atoms with van der Waals surface area (Å²) in [5.41, 5.74) is -7.48. The molecule has 0 atom stereocenters. The molecule has 1 saturated heterocycles. The van der Waals surface area contributed by atoms with Gasteiger partial charge < -0.3 is 5.11 Å². The van der Waals surface area contributed by atoms with E-state index in [1.807, 2.05) is 0 Å². The van der Waals surface area contributed by atoms with Crippen molar-refractivity contribution in [3.63, 3.8) is 0 Å². The van der Waals surface area contributed by atoms with Gasteiger partial charge in [0.15, 0.2) is 0 Å². The van der Waals surface area contributed by atoms with Crippen LogP contribution in [0.1, 0.15) is 0 Å². The van der Waals surface area contributed by atoms with Crippen LogP contribution < -0.4 is 0 Å². The Bertz CT molecular complexity index is 534. The molecule has 1 rings (SSSR count). The second-order valence-corrected chi connectivity index (χ2v) is 4.58. The zero-order chi connectivity index (χ0) is 20.7. The molecule has 0 radical (unpaired) electrons. The standard InChI is InChI=1S/C8HF14NO2/c9-3(10)4(11,12)8(21,22)23(7(3,19)20)2(1(24)25,5(13,14)15)6(16,17)18/h(H,24,25). The van der Waals surface area contributed by atoms with Crippen molar-refractivity contribution >= 4 is 5.97 Å². The van der Waals surface area contributed by atoms with Gasteiger partial charge in [0.05, 0.1) is 0 Å². The van der Waals surface area contributed by atoms with Gasteiger partial charge in [-0.3, -0.25) is 0 Å². The first-order chi connectivity index (χ1) is 10.6. The summed E-state index contributed by atoms with van der Waals surface area (Å²) in [6, 6.07) is -15.1. The molecule has 148 valence electrons. The lowest BCUT2D eigenvalue weighted by atomic mass is 9.94. The van der Waals surface area contributed by atoms with Crippen molar-refractivity contribution in [3.8, 4) is 0 Å². The Balaban J connectivity index is 4.11. The van der Waals surface area contributed by atoms with Crippen LogP contribution in [0, 0.1) is 0 Å². The summed E-state index contributed by atoms with van der Waals surface area (Å²) in [5.74, 6) is -19.6. The number of hydrogen-bond acceptors (Lipinski definition) is 2. The highest BCUT2D eigenvalue weighted by Crippen LogP contribution is 2.68. The van der Waals surface area contributed by atoms with Gasteiger partial charge in [-0.2, -0.15) is 61.5 Å². The lowest BCUT2D eigenvalue weighted by molar-refractivity contribution is -0.408. The highest BCUT2D eigenvalue weighted by Gasteiger charge is 3.00. The highest BCUT2D eigenvalue weighted by atomic mass is 19.4. The van der Waals surface area contributed by atoms with E-state index in [9.17, 15) is 66.3 Å². The predicted molar refractivity (Wildman–Crippen MR) is 44.1 cm³/mol. The maximum atomic E-state index is 13.2. The van der Waals surface area contributed by atoms with E-state index in [4.69, 9.17) is 5.11 Å². The minimum atomic E-state index is -7.69. The maximum absolute atomic E-state index is 13.2. The summed E-state index contributed by atoms with van der Waals surface area (Å²) in [7, 11) is 0. The van der Waals surface area contributed by atoms with E-state index in [1.54, 1.807) is 0 Å². The van der Waals surface area contributed by atoms with Crippen molar-refractivity contribution < 1.29 is 71.4 Å². The number of hydrogen-bond donors (Lipinski definition) is 1. The summed E-state index contributed by atoms with van der Waals surface area (Å²) in [6.07, 6.45) is -15.4. The zero-order valence-corrected chi connectivity index (χ0v) is 10.6. The fourth-order valence-corrected chi connectivity index (χ4v) is 2.01. The quantitative estimate of drug-likeness (QED) is 0.559. The molecule has 0 aliphatic carbocycles. The SMILES string of the molecule is O=C(O)C(N1C(F)(F)C(F)(F)C(F)(F)C1(F)F)(C(F)(F)F)C(F)(F)F. The molecule has 0 spiro atoms. The Labute approximate surface area is 125 Å². The van der Waals surface area contributed by atoms with Gasteiger partial charge in [0.1, 0.15) is 0 Å². The summed E-state index contributed by atoms with van der Waals surface area (Å²) in [6.45, 7) is 0. The Hall–Kier alpha value is -1.55. The molecule has 17 heteroatoms. The molecule has 0 aromatic carbocycles. The van der Waals surface area contributed by atoms with E-state index in [-0.39, 0.29) is 0 Å². The third-order valence-corrected chi connectivity index (χ3v) is 3.18. The van der Waals surface area contributed by atoms with Crippen LogP contribution in [0.3, 0.4) is 0 Å². The molecule has 1 aliphatic rings. The average Bonchev–Trinajstić information content (AvgIpc) is 2.35. The number of rotatable bonds is 2. The number of carboxylic acids is 1. The van der Waals surface area contributed by atoms with Crippen LogP contribution in [-0.4, -0.2) is 57.8 Å². The number of halogens is 14. The lowest BCUT2D eigenvalue weighted by Gasteiger charge is -2.43. The first-order valence-corrected chi connectivity index (χ1v) is 5.24. The van der Waals surface area contributed by atoms with Gasteiger partial charge in [0.25, 0.3) is 0 Å². The number of likely N-dealkylation sites (tertiary alicyclic amines) is 1. The summed E-state index contributed by atoms with van der Waals surface area (Å²) < 4.78 is 180. The van der Waals surface area contributed by atoms with Crippen molar-refractivity contribution in [1.82, 2.24) is 4.90 Å². The van der Waals surface area contributed by atoms with E-state index in [1.165, 1.54) is 0 Å². The Morgan fingerprint density at radius 2 is 0.920 bits per heavy atom. The number of carboxylic acid groups (broad SMARTS) is 1. The molecule has 0 amide bonds. The Kier molecular flexibility index (Phi) is 4.12. The fourth-order valence-electron chi connectivity index (χ4n) is 2.01. The van der Waals surface area contributed by atoms with E-state index >= 15 is 0 Å². The van der Waals surface area contributed by atoms with E-state index in [2.05, 4.69) is 0 Å². The molecule has 1 N–H and O–H groups in total.